The Morgan fingerprint density at radius 1 is 1.31 bits per heavy atom. The number of carbonyl (C=O) groups excluding carboxylic acids is 1. The Kier molecular flexibility index (Phi) is 4.33. The van der Waals surface area contributed by atoms with Crippen LogP contribution < -0.4 is 5.32 Å². The largest absolute Gasteiger partial charge is 0.388 e. The molecule has 1 amide bonds. The number of nitrogens with one attached hydrogen (secondary N) is 1. The smallest absolute Gasteiger partial charge is 0.246 e. The van der Waals surface area contributed by atoms with Gasteiger partial charge >= 0.3 is 0 Å². The summed E-state index contributed by atoms with van der Waals surface area (Å²) in [5.74, 6) is -0.166. The van der Waals surface area contributed by atoms with E-state index < -0.39 is 5.60 Å². The highest BCUT2D eigenvalue weighted by molar-refractivity contribution is 5.77. The second kappa shape index (κ2) is 5.15. The predicted molar refractivity (Wildman–Crippen MR) is 62.1 cm³/mol. The van der Waals surface area contributed by atoms with E-state index in [1.165, 1.54) is 7.11 Å². The standard InChI is InChI=1S/C12H23NO3/c1-11(2)4-6-12(15,7-5-11)9-13-10(14)8-16-3/h15H,4-9H2,1-3H3,(H,13,14). The first kappa shape index (κ1) is 13.5. The number of hydrogen-bond donors (Lipinski definition) is 2. The maximum absolute atomic E-state index is 11.2. The van der Waals surface area contributed by atoms with Crippen molar-refractivity contribution in [3.05, 3.63) is 0 Å². The van der Waals surface area contributed by atoms with Crippen molar-refractivity contribution in [2.24, 2.45) is 5.41 Å². The molecule has 2 N–H and O–H groups in total. The van der Waals surface area contributed by atoms with Gasteiger partial charge in [-0.1, -0.05) is 13.8 Å². The molecule has 0 aromatic rings. The molecule has 0 aromatic heterocycles. The van der Waals surface area contributed by atoms with Crippen LogP contribution >= 0.6 is 0 Å². The fourth-order valence-electron chi connectivity index (χ4n) is 2.01. The van der Waals surface area contributed by atoms with E-state index in [4.69, 9.17) is 4.74 Å². The zero-order chi connectivity index (χ0) is 12.2. The molecule has 0 bridgehead atoms. The van der Waals surface area contributed by atoms with E-state index in [-0.39, 0.29) is 12.5 Å². The molecule has 1 aliphatic rings. The number of rotatable bonds is 4. The normalized spacial score (nSPS) is 22.8. The van der Waals surface area contributed by atoms with Crippen molar-refractivity contribution < 1.29 is 14.6 Å². The highest BCUT2D eigenvalue weighted by atomic mass is 16.5. The minimum absolute atomic E-state index is 0.0571. The van der Waals surface area contributed by atoms with Crippen molar-refractivity contribution in [3.8, 4) is 0 Å². The molecule has 16 heavy (non-hydrogen) atoms. The molecule has 0 atom stereocenters. The predicted octanol–water partition coefficient (Wildman–Crippen LogP) is 1.08. The van der Waals surface area contributed by atoms with E-state index in [0.717, 1.165) is 25.7 Å². The van der Waals surface area contributed by atoms with Gasteiger partial charge < -0.3 is 15.2 Å². The van der Waals surface area contributed by atoms with Gasteiger partial charge in [-0.2, -0.15) is 0 Å². The Morgan fingerprint density at radius 2 is 1.88 bits per heavy atom. The van der Waals surface area contributed by atoms with E-state index >= 15 is 0 Å². The summed E-state index contributed by atoms with van der Waals surface area (Å²) < 4.78 is 4.72. The fourth-order valence-corrected chi connectivity index (χ4v) is 2.01. The monoisotopic (exact) mass is 229 g/mol. The summed E-state index contributed by atoms with van der Waals surface area (Å²) in [4.78, 5) is 11.2. The SMILES string of the molecule is COCC(=O)NCC1(O)CCC(C)(C)CC1. The summed E-state index contributed by atoms with van der Waals surface area (Å²) in [6.07, 6.45) is 3.52. The first-order valence-electron chi connectivity index (χ1n) is 5.85. The first-order valence-corrected chi connectivity index (χ1v) is 5.85. The Morgan fingerprint density at radius 3 is 2.38 bits per heavy atom. The van der Waals surface area contributed by atoms with Gasteiger partial charge in [-0.25, -0.2) is 0 Å². The summed E-state index contributed by atoms with van der Waals surface area (Å²) in [6.45, 7) is 4.83. The number of ether oxygens (including phenoxy) is 1. The van der Waals surface area contributed by atoms with Crippen LogP contribution in [0.2, 0.25) is 0 Å². The van der Waals surface area contributed by atoms with Crippen molar-refractivity contribution in [2.45, 2.75) is 45.1 Å². The molecule has 0 spiro atoms. The van der Waals surface area contributed by atoms with Crippen molar-refractivity contribution in [2.75, 3.05) is 20.3 Å². The molecule has 0 heterocycles. The third-order valence-electron chi connectivity index (χ3n) is 3.42. The summed E-state index contributed by atoms with van der Waals surface area (Å²) in [7, 11) is 1.48. The van der Waals surface area contributed by atoms with Crippen molar-refractivity contribution in [1.82, 2.24) is 5.32 Å². The van der Waals surface area contributed by atoms with Crippen LogP contribution in [0.4, 0.5) is 0 Å². The Bertz CT molecular complexity index is 241. The van der Waals surface area contributed by atoms with Crippen LogP contribution in [0.1, 0.15) is 39.5 Å². The van der Waals surface area contributed by atoms with Crippen LogP contribution in [0.25, 0.3) is 0 Å². The summed E-state index contributed by atoms with van der Waals surface area (Å²) >= 11 is 0. The molecule has 4 nitrogen and oxygen atoms in total. The van der Waals surface area contributed by atoms with Gasteiger partial charge in [0.05, 0.1) is 5.60 Å². The maximum atomic E-state index is 11.2. The van der Waals surface area contributed by atoms with Gasteiger partial charge in [0, 0.05) is 13.7 Å². The molecule has 1 saturated carbocycles. The summed E-state index contributed by atoms with van der Waals surface area (Å²) in [5, 5.41) is 13.0. The molecule has 1 rings (SSSR count). The molecule has 1 aliphatic carbocycles. The van der Waals surface area contributed by atoms with Gasteiger partial charge in [0.25, 0.3) is 0 Å². The lowest BCUT2D eigenvalue weighted by molar-refractivity contribution is -0.126. The fraction of sp³-hybridized carbons (Fsp3) is 0.917. The minimum atomic E-state index is -0.723. The first-order chi connectivity index (χ1) is 7.37. The van der Waals surface area contributed by atoms with Gasteiger partial charge in [0.2, 0.25) is 5.91 Å². The van der Waals surface area contributed by atoms with Crippen molar-refractivity contribution in [1.29, 1.82) is 0 Å². The average Bonchev–Trinajstić information content (AvgIpc) is 2.21. The number of carbonyl (C=O) groups is 1. The molecule has 0 aliphatic heterocycles. The highest BCUT2D eigenvalue weighted by Gasteiger charge is 2.36. The third kappa shape index (κ3) is 4.10. The Balaban J connectivity index is 2.34. The maximum Gasteiger partial charge on any atom is 0.246 e. The molecule has 0 unspecified atom stereocenters. The van der Waals surface area contributed by atoms with Gasteiger partial charge in [0.15, 0.2) is 0 Å². The Hall–Kier alpha value is -0.610. The van der Waals surface area contributed by atoms with E-state index in [1.54, 1.807) is 0 Å². The quantitative estimate of drug-likeness (QED) is 0.758. The zero-order valence-corrected chi connectivity index (χ0v) is 10.5. The van der Waals surface area contributed by atoms with Gasteiger partial charge in [-0.15, -0.1) is 0 Å². The lowest BCUT2D eigenvalue weighted by Crippen LogP contribution is -2.47. The zero-order valence-electron chi connectivity index (χ0n) is 10.5. The van der Waals surface area contributed by atoms with Gasteiger partial charge in [0.1, 0.15) is 6.61 Å². The summed E-state index contributed by atoms with van der Waals surface area (Å²) in [5.41, 5.74) is -0.401. The average molecular weight is 229 g/mol. The molecule has 0 aromatic carbocycles. The Labute approximate surface area is 97.4 Å². The summed E-state index contributed by atoms with van der Waals surface area (Å²) in [6, 6.07) is 0. The van der Waals surface area contributed by atoms with Crippen molar-refractivity contribution in [3.63, 3.8) is 0 Å². The van der Waals surface area contributed by atoms with Crippen LogP contribution in [-0.2, 0) is 9.53 Å². The van der Waals surface area contributed by atoms with Crippen molar-refractivity contribution >= 4 is 5.91 Å². The van der Waals surface area contributed by atoms with Crippen LogP contribution in [0.5, 0.6) is 0 Å². The topological polar surface area (TPSA) is 58.6 Å². The molecule has 1 fully saturated rings. The van der Waals surface area contributed by atoms with E-state index in [2.05, 4.69) is 19.2 Å². The third-order valence-corrected chi connectivity index (χ3v) is 3.42. The lowest BCUT2D eigenvalue weighted by atomic mass is 9.71. The molecule has 0 radical (unpaired) electrons. The molecule has 0 saturated heterocycles. The van der Waals surface area contributed by atoms with Crippen LogP contribution in [0.15, 0.2) is 0 Å². The number of amides is 1. The van der Waals surface area contributed by atoms with Crippen LogP contribution in [-0.4, -0.2) is 36.9 Å². The van der Waals surface area contributed by atoms with E-state index in [9.17, 15) is 9.90 Å². The number of hydrogen-bond acceptors (Lipinski definition) is 3. The molecular weight excluding hydrogens is 206 g/mol. The lowest BCUT2D eigenvalue weighted by Gasteiger charge is -2.40. The number of aliphatic hydroxyl groups is 1. The molecule has 94 valence electrons. The number of methoxy groups -OCH3 is 1. The van der Waals surface area contributed by atoms with Crippen LogP contribution in [0, 0.1) is 5.41 Å². The van der Waals surface area contributed by atoms with Crippen LogP contribution in [0.3, 0.4) is 0 Å². The van der Waals surface area contributed by atoms with E-state index in [0.29, 0.717) is 12.0 Å². The van der Waals surface area contributed by atoms with Gasteiger partial charge in [-0.3, -0.25) is 4.79 Å². The van der Waals surface area contributed by atoms with E-state index in [1.807, 2.05) is 0 Å². The molecule has 4 heteroatoms. The van der Waals surface area contributed by atoms with Gasteiger partial charge in [-0.05, 0) is 31.1 Å². The molecular formula is C12H23NO3. The second-order valence-corrected chi connectivity index (χ2v) is 5.60. The minimum Gasteiger partial charge on any atom is -0.388 e. The second-order valence-electron chi connectivity index (χ2n) is 5.60. The highest BCUT2D eigenvalue weighted by Crippen LogP contribution is 2.39.